The minimum Gasteiger partial charge on any atom is -0.465 e. The van der Waals surface area contributed by atoms with Gasteiger partial charge in [-0.2, -0.15) is 10.2 Å². The predicted molar refractivity (Wildman–Crippen MR) is 102 cm³/mol. The topological polar surface area (TPSA) is 144 Å². The molecule has 1 aromatic carbocycles. The first-order valence-electron chi connectivity index (χ1n) is 9.05. The van der Waals surface area contributed by atoms with Crippen LogP contribution in [0.2, 0.25) is 0 Å². The number of benzene rings is 1. The molecule has 0 aliphatic heterocycles. The Morgan fingerprint density at radius 1 is 1.23 bits per heavy atom. The van der Waals surface area contributed by atoms with Gasteiger partial charge in [-0.05, 0) is 26.0 Å². The summed E-state index contributed by atoms with van der Waals surface area (Å²) in [4.78, 5) is 23.1. The number of ether oxygens (including phenoxy) is 2. The zero-order valence-corrected chi connectivity index (χ0v) is 16.4. The van der Waals surface area contributed by atoms with E-state index in [9.17, 15) is 18.4 Å². The molecule has 1 unspecified atom stereocenters. The summed E-state index contributed by atoms with van der Waals surface area (Å²) in [5.41, 5.74) is 6.49. The number of nitrogens with two attached hydrogens (primary N) is 1. The first-order chi connectivity index (χ1) is 14.3. The van der Waals surface area contributed by atoms with Gasteiger partial charge in [0, 0.05) is 12.5 Å². The Labute approximate surface area is 170 Å². The SMILES string of the molecule is CCOC(=O)CNCC(=O)OC(C)Cc1[nH]nc(N)c1N=Nc1ccc(F)c(F)c1. The van der Waals surface area contributed by atoms with Crippen molar-refractivity contribution in [3.05, 3.63) is 35.5 Å². The predicted octanol–water partition coefficient (Wildman–Crippen LogP) is 2.31. The number of nitrogens with zero attached hydrogens (tertiary/aromatic N) is 3. The average Bonchev–Trinajstić information content (AvgIpc) is 3.02. The molecule has 1 aromatic heterocycles. The number of nitrogen functional groups attached to an aromatic ring is 1. The third-order valence-electron chi connectivity index (χ3n) is 3.68. The third kappa shape index (κ3) is 6.88. The van der Waals surface area contributed by atoms with E-state index in [1.165, 1.54) is 6.07 Å². The third-order valence-corrected chi connectivity index (χ3v) is 3.68. The molecular formula is C18H22F2N6O4. The Kier molecular flexibility index (Phi) is 8.35. The summed E-state index contributed by atoms with van der Waals surface area (Å²) in [5, 5.41) is 16.9. The van der Waals surface area contributed by atoms with E-state index in [1.54, 1.807) is 13.8 Å². The molecule has 0 aliphatic carbocycles. The standard InChI is InChI=1S/C18H22F2N6O4/c1-3-29-15(27)8-22-9-16(28)30-10(2)6-14-17(18(21)26-24-14)25-23-11-4-5-12(19)13(20)7-11/h4-5,7,10,22H,3,6,8-9H2,1-2H3,(H3,21,24,26). The molecule has 0 bridgehead atoms. The maximum absolute atomic E-state index is 13.3. The highest BCUT2D eigenvalue weighted by Gasteiger charge is 2.17. The molecule has 10 nitrogen and oxygen atoms in total. The normalized spacial score (nSPS) is 12.1. The van der Waals surface area contributed by atoms with Crippen LogP contribution in [-0.4, -0.2) is 47.9 Å². The zero-order chi connectivity index (χ0) is 22.1. The molecule has 2 rings (SSSR count). The molecule has 0 radical (unpaired) electrons. The molecule has 0 spiro atoms. The van der Waals surface area contributed by atoms with E-state index in [2.05, 4.69) is 25.7 Å². The van der Waals surface area contributed by atoms with E-state index in [0.717, 1.165) is 12.1 Å². The number of esters is 2. The number of halogens is 2. The molecule has 1 atom stereocenters. The maximum atomic E-state index is 13.3. The number of carbonyl (C=O) groups is 2. The van der Waals surface area contributed by atoms with Gasteiger partial charge in [0.05, 0.1) is 31.1 Å². The van der Waals surface area contributed by atoms with Gasteiger partial charge >= 0.3 is 11.9 Å². The van der Waals surface area contributed by atoms with Crippen molar-refractivity contribution >= 4 is 29.1 Å². The van der Waals surface area contributed by atoms with Gasteiger partial charge in [-0.25, -0.2) is 8.78 Å². The Morgan fingerprint density at radius 3 is 2.67 bits per heavy atom. The summed E-state index contributed by atoms with van der Waals surface area (Å²) < 4.78 is 36.2. The van der Waals surface area contributed by atoms with Crippen LogP contribution in [0.25, 0.3) is 0 Å². The van der Waals surface area contributed by atoms with Crippen molar-refractivity contribution in [3.8, 4) is 0 Å². The number of aromatic nitrogens is 2. The van der Waals surface area contributed by atoms with Gasteiger partial charge in [0.2, 0.25) is 0 Å². The number of hydrogen-bond donors (Lipinski definition) is 3. The van der Waals surface area contributed by atoms with Crippen LogP contribution in [0, 0.1) is 11.6 Å². The summed E-state index contributed by atoms with van der Waals surface area (Å²) in [5.74, 6) is -3.04. The average molecular weight is 424 g/mol. The first kappa shape index (κ1) is 22.9. The lowest BCUT2D eigenvalue weighted by Gasteiger charge is -2.13. The van der Waals surface area contributed by atoms with Crippen molar-refractivity contribution in [1.82, 2.24) is 15.5 Å². The molecule has 12 heteroatoms. The zero-order valence-electron chi connectivity index (χ0n) is 16.4. The van der Waals surface area contributed by atoms with Gasteiger partial charge in [0.1, 0.15) is 6.10 Å². The Morgan fingerprint density at radius 2 is 1.97 bits per heavy atom. The highest BCUT2D eigenvalue weighted by atomic mass is 19.2. The number of nitrogens with one attached hydrogen (secondary N) is 2. The lowest BCUT2D eigenvalue weighted by atomic mass is 10.2. The van der Waals surface area contributed by atoms with Crippen molar-refractivity contribution < 1.29 is 27.8 Å². The number of carbonyl (C=O) groups excluding carboxylic acids is 2. The summed E-state index contributed by atoms with van der Waals surface area (Å²) in [6, 6.07) is 3.08. The molecule has 0 saturated carbocycles. The molecule has 30 heavy (non-hydrogen) atoms. The van der Waals surface area contributed by atoms with Crippen molar-refractivity contribution in [3.63, 3.8) is 0 Å². The van der Waals surface area contributed by atoms with E-state index < -0.39 is 29.7 Å². The van der Waals surface area contributed by atoms with E-state index in [0.29, 0.717) is 5.69 Å². The van der Waals surface area contributed by atoms with Crippen LogP contribution < -0.4 is 11.1 Å². The minimum absolute atomic E-state index is 0.0472. The number of hydrogen-bond acceptors (Lipinski definition) is 9. The molecule has 0 saturated heterocycles. The summed E-state index contributed by atoms with van der Waals surface area (Å²) in [6.45, 7) is 3.31. The van der Waals surface area contributed by atoms with Crippen LogP contribution in [0.1, 0.15) is 19.5 Å². The van der Waals surface area contributed by atoms with Gasteiger partial charge in [0.15, 0.2) is 23.1 Å². The largest absolute Gasteiger partial charge is 0.465 e. The van der Waals surface area contributed by atoms with E-state index in [-0.39, 0.29) is 43.3 Å². The molecule has 1 heterocycles. The van der Waals surface area contributed by atoms with E-state index in [4.69, 9.17) is 15.2 Å². The van der Waals surface area contributed by atoms with Crippen LogP contribution >= 0.6 is 0 Å². The first-order valence-corrected chi connectivity index (χ1v) is 9.05. The van der Waals surface area contributed by atoms with Crippen LogP contribution in [0.3, 0.4) is 0 Å². The fourth-order valence-corrected chi connectivity index (χ4v) is 2.37. The van der Waals surface area contributed by atoms with Gasteiger partial charge < -0.3 is 15.2 Å². The quantitative estimate of drug-likeness (QED) is 0.392. The molecule has 0 aliphatic rings. The Bertz CT molecular complexity index is 918. The molecular weight excluding hydrogens is 402 g/mol. The molecule has 162 valence electrons. The number of azo groups is 1. The number of anilines is 1. The highest BCUT2D eigenvalue weighted by molar-refractivity contribution is 5.75. The molecule has 0 amide bonds. The molecule has 2 aromatic rings. The number of aromatic amines is 1. The second kappa shape index (κ2) is 11.0. The van der Waals surface area contributed by atoms with Crippen molar-refractivity contribution in [2.45, 2.75) is 26.4 Å². The van der Waals surface area contributed by atoms with Crippen LogP contribution in [0.15, 0.2) is 28.4 Å². The van der Waals surface area contributed by atoms with Crippen LogP contribution in [0.5, 0.6) is 0 Å². The Hall–Kier alpha value is -3.41. The summed E-state index contributed by atoms with van der Waals surface area (Å²) >= 11 is 0. The van der Waals surface area contributed by atoms with Crippen LogP contribution in [-0.2, 0) is 25.5 Å². The molecule has 4 N–H and O–H groups in total. The van der Waals surface area contributed by atoms with Gasteiger partial charge in [-0.1, -0.05) is 0 Å². The molecule has 0 fully saturated rings. The number of rotatable bonds is 10. The fraction of sp³-hybridized carbons (Fsp3) is 0.389. The van der Waals surface area contributed by atoms with Crippen LogP contribution in [0.4, 0.5) is 26.0 Å². The van der Waals surface area contributed by atoms with Gasteiger partial charge in [-0.3, -0.25) is 20.0 Å². The van der Waals surface area contributed by atoms with E-state index >= 15 is 0 Å². The van der Waals surface area contributed by atoms with Crippen molar-refractivity contribution in [2.75, 3.05) is 25.4 Å². The maximum Gasteiger partial charge on any atom is 0.320 e. The van der Waals surface area contributed by atoms with Gasteiger partial charge in [0.25, 0.3) is 0 Å². The second-order valence-corrected chi connectivity index (χ2v) is 6.15. The monoisotopic (exact) mass is 424 g/mol. The smallest absolute Gasteiger partial charge is 0.320 e. The van der Waals surface area contributed by atoms with Crippen molar-refractivity contribution in [1.29, 1.82) is 0 Å². The lowest BCUT2D eigenvalue weighted by Crippen LogP contribution is -2.32. The summed E-state index contributed by atoms with van der Waals surface area (Å²) in [6.07, 6.45) is -0.376. The minimum atomic E-state index is -1.05. The van der Waals surface area contributed by atoms with Gasteiger partial charge in [-0.15, -0.1) is 5.11 Å². The lowest BCUT2D eigenvalue weighted by molar-refractivity contribution is -0.147. The Balaban J connectivity index is 1.92. The van der Waals surface area contributed by atoms with E-state index in [1.807, 2.05) is 0 Å². The number of H-pyrrole nitrogens is 1. The fourth-order valence-electron chi connectivity index (χ4n) is 2.37. The summed E-state index contributed by atoms with van der Waals surface area (Å²) in [7, 11) is 0. The van der Waals surface area contributed by atoms with Crippen molar-refractivity contribution in [2.24, 2.45) is 10.2 Å². The second-order valence-electron chi connectivity index (χ2n) is 6.15. The highest BCUT2D eigenvalue weighted by Crippen LogP contribution is 2.28.